The van der Waals surface area contributed by atoms with Crippen LogP contribution in [0.1, 0.15) is 91.9 Å². The highest BCUT2D eigenvalue weighted by Gasteiger charge is 2.71. The van der Waals surface area contributed by atoms with E-state index in [1.54, 1.807) is 0 Å². The van der Waals surface area contributed by atoms with Crippen LogP contribution in [0.15, 0.2) is 0 Å². The van der Waals surface area contributed by atoms with E-state index in [2.05, 4.69) is 27.7 Å². The Balaban J connectivity index is 1.43. The molecule has 4 saturated carbocycles. The summed E-state index contributed by atoms with van der Waals surface area (Å²) in [6.45, 7) is 9.30. The highest BCUT2D eigenvalue weighted by molar-refractivity contribution is 6.45. The zero-order valence-corrected chi connectivity index (χ0v) is 19.6. The molecule has 2 N–H and O–H groups in total. The quantitative estimate of drug-likeness (QED) is 0.645. The SMILES string of the molecule is CCCCB1O[C@H](C)[C@]2(CC[C@H]3[C@@H]4CC[C@@H]5C[C@H](O)CC[C@]5(C)[C@H]4[C@@H](O)C[C@@]32C)O1. The fraction of sp³-hybridized carbons (Fsp3) is 1.00. The molecule has 30 heavy (non-hydrogen) atoms. The molecule has 1 aliphatic heterocycles. The van der Waals surface area contributed by atoms with Gasteiger partial charge in [0.2, 0.25) is 0 Å². The van der Waals surface area contributed by atoms with Gasteiger partial charge in [0.15, 0.2) is 0 Å². The maximum absolute atomic E-state index is 11.7. The molecular formula is C25H43BO4. The van der Waals surface area contributed by atoms with Crippen molar-refractivity contribution in [3.63, 3.8) is 0 Å². The zero-order chi connectivity index (χ0) is 21.3. The van der Waals surface area contributed by atoms with Crippen LogP contribution in [0, 0.1) is 34.5 Å². The van der Waals surface area contributed by atoms with Crippen molar-refractivity contribution >= 4 is 7.12 Å². The first-order valence-electron chi connectivity index (χ1n) is 12.9. The van der Waals surface area contributed by atoms with Gasteiger partial charge in [-0.25, -0.2) is 0 Å². The van der Waals surface area contributed by atoms with Crippen molar-refractivity contribution in [2.45, 2.75) is 122 Å². The third-order valence-electron chi connectivity index (χ3n) is 10.9. The van der Waals surface area contributed by atoms with Crippen molar-refractivity contribution in [3.05, 3.63) is 0 Å². The van der Waals surface area contributed by atoms with E-state index in [9.17, 15) is 10.2 Å². The summed E-state index contributed by atoms with van der Waals surface area (Å²) in [5, 5.41) is 21.9. The Hall–Kier alpha value is -0.0951. The third kappa shape index (κ3) is 2.87. The molecule has 0 aromatic heterocycles. The molecule has 0 radical (unpaired) electrons. The number of rotatable bonds is 3. The first-order valence-corrected chi connectivity index (χ1v) is 12.9. The molecule has 1 saturated heterocycles. The summed E-state index contributed by atoms with van der Waals surface area (Å²) in [6, 6.07) is 0. The lowest BCUT2D eigenvalue weighted by Crippen LogP contribution is -2.63. The van der Waals surface area contributed by atoms with E-state index in [1.807, 2.05) is 0 Å². The van der Waals surface area contributed by atoms with Crippen LogP contribution in [0.2, 0.25) is 6.32 Å². The summed E-state index contributed by atoms with van der Waals surface area (Å²) in [4.78, 5) is 0. The minimum atomic E-state index is -0.264. The van der Waals surface area contributed by atoms with Gasteiger partial charge in [-0.15, -0.1) is 0 Å². The number of hydrogen-bond acceptors (Lipinski definition) is 4. The van der Waals surface area contributed by atoms with Crippen molar-refractivity contribution < 1.29 is 19.5 Å². The van der Waals surface area contributed by atoms with E-state index in [-0.39, 0.29) is 41.9 Å². The Morgan fingerprint density at radius 2 is 1.87 bits per heavy atom. The summed E-state index contributed by atoms with van der Waals surface area (Å²) in [6.07, 6.45) is 11.5. The fourth-order valence-corrected chi connectivity index (χ4v) is 9.44. The Morgan fingerprint density at radius 3 is 2.63 bits per heavy atom. The van der Waals surface area contributed by atoms with Crippen molar-refractivity contribution in [1.29, 1.82) is 0 Å². The van der Waals surface area contributed by atoms with Crippen LogP contribution in [-0.4, -0.2) is 41.2 Å². The number of fused-ring (bicyclic) bond motifs is 6. The van der Waals surface area contributed by atoms with Gasteiger partial charge in [0, 0.05) is 5.41 Å². The molecule has 1 heterocycles. The van der Waals surface area contributed by atoms with Crippen LogP contribution in [0.5, 0.6) is 0 Å². The lowest BCUT2D eigenvalue weighted by Gasteiger charge is -2.63. The van der Waals surface area contributed by atoms with Gasteiger partial charge in [-0.3, -0.25) is 0 Å². The predicted octanol–water partition coefficient (Wildman–Crippen LogP) is 4.82. The van der Waals surface area contributed by atoms with E-state index in [0.717, 1.165) is 44.8 Å². The molecule has 0 bridgehead atoms. The van der Waals surface area contributed by atoms with Crippen molar-refractivity contribution in [1.82, 2.24) is 0 Å². The Labute approximate surface area is 183 Å². The molecular weight excluding hydrogens is 375 g/mol. The smallest absolute Gasteiger partial charge is 0.406 e. The summed E-state index contributed by atoms with van der Waals surface area (Å²) in [7, 11) is -0.0709. The number of aliphatic hydroxyl groups excluding tert-OH is 2. The largest absolute Gasteiger partial charge is 0.457 e. The second-order valence-corrected chi connectivity index (χ2v) is 12.1. The van der Waals surface area contributed by atoms with Crippen molar-refractivity contribution in [3.8, 4) is 0 Å². The summed E-state index contributed by atoms with van der Waals surface area (Å²) in [5.41, 5.74) is -0.0607. The lowest BCUT2D eigenvalue weighted by atomic mass is 9.43. The summed E-state index contributed by atoms with van der Waals surface area (Å²) in [5.74, 6) is 2.15. The Morgan fingerprint density at radius 1 is 1.07 bits per heavy atom. The second kappa shape index (κ2) is 7.47. The van der Waals surface area contributed by atoms with Gasteiger partial charge in [0.05, 0.1) is 23.9 Å². The maximum Gasteiger partial charge on any atom is 0.457 e. The van der Waals surface area contributed by atoms with Crippen molar-refractivity contribution in [2.24, 2.45) is 34.5 Å². The maximum atomic E-state index is 11.7. The highest BCUT2D eigenvalue weighted by Crippen LogP contribution is 2.70. The standard InChI is InChI=1S/C25H43BO4/c1-5-6-13-26-29-16(2)25(30-26)12-10-20-19-8-7-17-14-18(27)9-11-23(17,3)22(19)21(28)15-24(20,25)4/h16-22,27-28H,5-15H2,1-4H3/t16-,17-,18-,19+,20+,21+,22-,23+,24+,25+/m1/s1. The molecule has 0 aromatic carbocycles. The normalized spacial score (nSPS) is 55.4. The fourth-order valence-electron chi connectivity index (χ4n) is 9.44. The minimum Gasteiger partial charge on any atom is -0.406 e. The third-order valence-corrected chi connectivity index (χ3v) is 10.9. The molecule has 0 unspecified atom stereocenters. The first-order chi connectivity index (χ1) is 14.2. The van der Waals surface area contributed by atoms with E-state index in [0.29, 0.717) is 23.7 Å². The van der Waals surface area contributed by atoms with Gasteiger partial charge in [-0.05, 0) is 93.7 Å². The van der Waals surface area contributed by atoms with Crippen LogP contribution >= 0.6 is 0 Å². The highest BCUT2D eigenvalue weighted by atomic mass is 16.7. The zero-order valence-electron chi connectivity index (χ0n) is 19.6. The summed E-state index contributed by atoms with van der Waals surface area (Å²) < 4.78 is 13.2. The van der Waals surface area contributed by atoms with E-state index in [1.165, 1.54) is 25.7 Å². The predicted molar refractivity (Wildman–Crippen MR) is 119 cm³/mol. The van der Waals surface area contributed by atoms with Gasteiger partial charge < -0.3 is 19.5 Å². The number of aliphatic hydroxyl groups is 2. The number of hydrogen-bond donors (Lipinski definition) is 2. The molecule has 5 fully saturated rings. The molecule has 4 aliphatic carbocycles. The van der Waals surface area contributed by atoms with Crippen LogP contribution in [-0.2, 0) is 9.31 Å². The van der Waals surface area contributed by atoms with E-state index >= 15 is 0 Å². The molecule has 5 rings (SSSR count). The van der Waals surface area contributed by atoms with E-state index in [4.69, 9.17) is 9.31 Å². The molecule has 1 spiro atoms. The molecule has 4 nitrogen and oxygen atoms in total. The monoisotopic (exact) mass is 418 g/mol. The average molecular weight is 418 g/mol. The topological polar surface area (TPSA) is 58.9 Å². The van der Waals surface area contributed by atoms with Crippen LogP contribution in [0.4, 0.5) is 0 Å². The van der Waals surface area contributed by atoms with Gasteiger partial charge in [0.25, 0.3) is 0 Å². The minimum absolute atomic E-state index is 0.00859. The molecule has 5 aliphatic rings. The second-order valence-electron chi connectivity index (χ2n) is 12.1. The Kier molecular flexibility index (Phi) is 5.41. The molecule has 5 heteroatoms. The van der Waals surface area contributed by atoms with Crippen LogP contribution in [0.25, 0.3) is 0 Å². The van der Waals surface area contributed by atoms with Crippen LogP contribution < -0.4 is 0 Å². The summed E-state index contributed by atoms with van der Waals surface area (Å²) >= 11 is 0. The molecule has 10 atom stereocenters. The van der Waals surface area contributed by atoms with E-state index < -0.39 is 0 Å². The van der Waals surface area contributed by atoms with Gasteiger partial charge in [-0.2, -0.15) is 0 Å². The van der Waals surface area contributed by atoms with Gasteiger partial charge in [0.1, 0.15) is 0 Å². The van der Waals surface area contributed by atoms with Gasteiger partial charge >= 0.3 is 7.12 Å². The Bertz CT molecular complexity index is 659. The first kappa shape index (κ1) is 21.7. The van der Waals surface area contributed by atoms with Crippen LogP contribution in [0.3, 0.4) is 0 Å². The average Bonchev–Trinajstić information content (AvgIpc) is 3.18. The van der Waals surface area contributed by atoms with Crippen molar-refractivity contribution in [2.75, 3.05) is 0 Å². The lowest BCUT2D eigenvalue weighted by molar-refractivity contribution is -0.199. The molecule has 170 valence electrons. The number of unbranched alkanes of at least 4 members (excludes halogenated alkanes) is 1. The van der Waals surface area contributed by atoms with Gasteiger partial charge in [-0.1, -0.05) is 33.6 Å². The molecule has 0 aromatic rings. The molecule has 0 amide bonds.